The number of aldehydes is 1. The van der Waals surface area contributed by atoms with Crippen LogP contribution in [-0.4, -0.2) is 64.9 Å². The Labute approximate surface area is 282 Å². The highest BCUT2D eigenvalue weighted by Crippen LogP contribution is 2.73. The van der Waals surface area contributed by atoms with E-state index < -0.39 is 0 Å². The Morgan fingerprint density at radius 1 is 1.06 bits per heavy atom. The van der Waals surface area contributed by atoms with E-state index in [9.17, 15) is 14.4 Å². The lowest BCUT2D eigenvalue weighted by molar-refractivity contribution is -0.231. The van der Waals surface area contributed by atoms with Gasteiger partial charge in [0, 0.05) is 61.7 Å². The van der Waals surface area contributed by atoms with Crippen molar-refractivity contribution in [3.63, 3.8) is 0 Å². The maximum atomic E-state index is 13.6. The highest BCUT2D eigenvalue weighted by Gasteiger charge is 2.72. The highest BCUT2D eigenvalue weighted by atomic mass is 35.5. The van der Waals surface area contributed by atoms with Crippen molar-refractivity contribution >= 4 is 47.1 Å². The zero-order valence-electron chi connectivity index (χ0n) is 26.2. The first-order valence-electron chi connectivity index (χ1n) is 15.3. The fraction of sp³-hybridized carbons (Fsp3) is 0.343. The summed E-state index contributed by atoms with van der Waals surface area (Å²) in [5, 5.41) is 3.64. The fourth-order valence-corrected chi connectivity index (χ4v) is 8.41. The van der Waals surface area contributed by atoms with Gasteiger partial charge in [0.2, 0.25) is 0 Å². The number of carbonyl (C=O) groups excluding carboxylic acids is 3. The van der Waals surface area contributed by atoms with Crippen molar-refractivity contribution in [3.8, 4) is 28.1 Å². The number of fused-ring (bicyclic) bond motifs is 1. The summed E-state index contributed by atoms with van der Waals surface area (Å²) in [4.78, 5) is 48.7. The second-order valence-corrected chi connectivity index (χ2v) is 13.6. The summed E-state index contributed by atoms with van der Waals surface area (Å²) in [5.41, 5.74) is 5.13. The predicted molar refractivity (Wildman–Crippen MR) is 178 cm³/mol. The summed E-state index contributed by atoms with van der Waals surface area (Å²) in [5.74, 6) is 0.278. The Morgan fingerprint density at radius 3 is 2.55 bits per heavy atom. The van der Waals surface area contributed by atoms with E-state index in [0.717, 1.165) is 56.4 Å². The molecule has 4 aromatic rings. The SMILES string of the molecule is COC(=O)C12CC(CN3CCc4c(nc(C(=O)Nc5cccc(-c6ccnc(-c7ccc(C=O)c(OC)c7)c6Cl)c5Cl)n4C)C3)(C1)C2. The van der Waals surface area contributed by atoms with E-state index in [1.807, 2.05) is 17.7 Å². The van der Waals surface area contributed by atoms with E-state index in [0.29, 0.717) is 61.8 Å². The van der Waals surface area contributed by atoms with E-state index >= 15 is 0 Å². The number of amides is 1. The van der Waals surface area contributed by atoms with Crippen molar-refractivity contribution < 1.29 is 23.9 Å². The van der Waals surface area contributed by atoms with E-state index in [4.69, 9.17) is 37.7 Å². The normalized spacial score (nSPS) is 21.2. The fourth-order valence-electron chi connectivity index (χ4n) is 7.82. The number of hydrogen-bond donors (Lipinski definition) is 1. The Morgan fingerprint density at radius 2 is 1.83 bits per heavy atom. The number of esters is 1. The van der Waals surface area contributed by atoms with Crippen LogP contribution in [0.5, 0.6) is 5.75 Å². The Hall–Kier alpha value is -4.25. The van der Waals surface area contributed by atoms with Gasteiger partial charge in [0.05, 0.1) is 52.3 Å². The molecule has 47 heavy (non-hydrogen) atoms. The van der Waals surface area contributed by atoms with Crippen molar-refractivity contribution in [1.29, 1.82) is 0 Å². The van der Waals surface area contributed by atoms with Crippen LogP contribution in [-0.2, 0) is 29.5 Å². The van der Waals surface area contributed by atoms with E-state index in [-0.39, 0.29) is 22.7 Å². The number of ether oxygens (including phenoxy) is 2. The highest BCUT2D eigenvalue weighted by molar-refractivity contribution is 6.39. The lowest BCUT2D eigenvalue weighted by Gasteiger charge is -2.69. The standard InChI is InChI=1S/C35H33Cl2N5O5/c1-41-26-10-12-42(19-34-16-35(17-34,18-34)33(45)47-3)14-25(26)39-31(41)32(44)40-24-6-4-5-22(28(24)36)23-9-11-38-30(29(23)37)20-7-8-21(15-43)27(13-20)46-2/h4-9,11,13,15H,10,12,14,16-19H2,1-3H3,(H,40,44). The van der Waals surface area contributed by atoms with Crippen molar-refractivity contribution in [1.82, 2.24) is 19.4 Å². The molecule has 2 bridgehead atoms. The molecule has 1 aliphatic heterocycles. The Balaban J connectivity index is 1.08. The van der Waals surface area contributed by atoms with Crippen LogP contribution in [0, 0.1) is 10.8 Å². The first kappa shape index (κ1) is 31.4. The number of imidazole rings is 1. The van der Waals surface area contributed by atoms with Gasteiger partial charge >= 0.3 is 5.97 Å². The topological polar surface area (TPSA) is 116 Å². The number of nitrogens with one attached hydrogen (secondary N) is 1. The third-order valence-electron chi connectivity index (χ3n) is 9.92. The molecule has 2 aromatic heterocycles. The molecule has 3 saturated carbocycles. The average molecular weight is 675 g/mol. The first-order valence-corrected chi connectivity index (χ1v) is 16.1. The maximum absolute atomic E-state index is 13.6. The number of anilines is 1. The second-order valence-electron chi connectivity index (χ2n) is 12.9. The summed E-state index contributed by atoms with van der Waals surface area (Å²) < 4.78 is 12.2. The third-order valence-corrected chi connectivity index (χ3v) is 10.7. The number of halogens is 2. The number of pyridine rings is 1. The van der Waals surface area contributed by atoms with Gasteiger partial charge in [-0.05, 0) is 48.9 Å². The van der Waals surface area contributed by atoms with Gasteiger partial charge in [-0.1, -0.05) is 41.4 Å². The first-order chi connectivity index (χ1) is 22.6. The van der Waals surface area contributed by atoms with Crippen LogP contribution >= 0.6 is 23.2 Å². The Kier molecular flexibility index (Phi) is 7.85. The number of benzene rings is 2. The molecule has 0 unspecified atom stereocenters. The van der Waals surface area contributed by atoms with Crippen molar-refractivity contribution in [2.75, 3.05) is 32.6 Å². The Bertz CT molecular complexity index is 1940. The van der Waals surface area contributed by atoms with Gasteiger partial charge < -0.3 is 19.4 Å². The molecule has 1 amide bonds. The van der Waals surface area contributed by atoms with Gasteiger partial charge in [0.15, 0.2) is 12.1 Å². The van der Waals surface area contributed by atoms with E-state index in [2.05, 4.69) is 15.2 Å². The minimum absolute atomic E-state index is 0.0803. The van der Waals surface area contributed by atoms with E-state index in [1.54, 1.807) is 42.6 Å². The van der Waals surface area contributed by atoms with Crippen molar-refractivity contribution in [3.05, 3.63) is 81.5 Å². The number of nitrogens with zero attached hydrogens (tertiary/aromatic N) is 4. The molecule has 2 aromatic carbocycles. The minimum Gasteiger partial charge on any atom is -0.496 e. The molecule has 3 heterocycles. The van der Waals surface area contributed by atoms with Gasteiger partial charge in [-0.15, -0.1) is 0 Å². The molecule has 10 nitrogen and oxygen atoms in total. The van der Waals surface area contributed by atoms with Crippen LogP contribution in [0.25, 0.3) is 22.4 Å². The van der Waals surface area contributed by atoms with Crippen LogP contribution in [0.15, 0.2) is 48.7 Å². The van der Waals surface area contributed by atoms with Crippen LogP contribution < -0.4 is 10.1 Å². The van der Waals surface area contributed by atoms with Crippen LogP contribution in [0.1, 0.15) is 51.6 Å². The summed E-state index contributed by atoms with van der Waals surface area (Å²) in [6.45, 7) is 2.45. The molecule has 0 radical (unpaired) electrons. The molecule has 1 N–H and O–H groups in total. The van der Waals surface area contributed by atoms with Crippen molar-refractivity contribution in [2.45, 2.75) is 32.2 Å². The average Bonchev–Trinajstić information content (AvgIpc) is 3.38. The van der Waals surface area contributed by atoms with Gasteiger partial charge in [0.1, 0.15) is 5.75 Å². The van der Waals surface area contributed by atoms with Gasteiger partial charge in [-0.2, -0.15) is 0 Å². The molecular weight excluding hydrogens is 641 g/mol. The van der Waals surface area contributed by atoms with Crippen LogP contribution in [0.2, 0.25) is 10.0 Å². The molecule has 0 atom stereocenters. The molecule has 0 spiro atoms. The quantitative estimate of drug-likeness (QED) is 0.164. The van der Waals surface area contributed by atoms with E-state index in [1.165, 1.54) is 14.2 Å². The largest absolute Gasteiger partial charge is 0.496 e. The minimum atomic E-state index is -0.365. The summed E-state index contributed by atoms with van der Waals surface area (Å²) in [7, 11) is 4.82. The molecule has 3 fully saturated rings. The molecule has 242 valence electrons. The van der Waals surface area contributed by atoms with Gasteiger partial charge in [0.25, 0.3) is 5.91 Å². The third kappa shape index (κ3) is 5.19. The maximum Gasteiger partial charge on any atom is 0.311 e. The number of carbonyl (C=O) groups is 3. The van der Waals surface area contributed by atoms with Crippen molar-refractivity contribution in [2.24, 2.45) is 17.9 Å². The van der Waals surface area contributed by atoms with Gasteiger partial charge in [-0.25, -0.2) is 4.98 Å². The number of rotatable bonds is 9. The smallest absolute Gasteiger partial charge is 0.311 e. The summed E-state index contributed by atoms with van der Waals surface area (Å²) >= 11 is 13.8. The second kappa shape index (κ2) is 11.8. The molecule has 3 aliphatic carbocycles. The molecule has 0 saturated heterocycles. The molecule has 8 rings (SSSR count). The van der Waals surface area contributed by atoms with Crippen LogP contribution in [0.3, 0.4) is 0 Å². The zero-order chi connectivity index (χ0) is 33.1. The molecule has 12 heteroatoms. The number of aromatic nitrogens is 3. The van der Waals surface area contributed by atoms with Gasteiger partial charge in [-0.3, -0.25) is 24.3 Å². The zero-order valence-corrected chi connectivity index (χ0v) is 27.7. The number of methoxy groups -OCH3 is 2. The predicted octanol–water partition coefficient (Wildman–Crippen LogP) is 6.23. The lowest BCUT2D eigenvalue weighted by atomic mass is 9.35. The molecule has 4 aliphatic rings. The van der Waals surface area contributed by atoms with Crippen LogP contribution in [0.4, 0.5) is 5.69 Å². The number of hydrogen-bond acceptors (Lipinski definition) is 8. The molecular formula is C35H33Cl2N5O5. The summed E-state index contributed by atoms with van der Waals surface area (Å²) in [6, 6.07) is 12.2. The lowest BCUT2D eigenvalue weighted by Crippen LogP contribution is -2.69. The summed E-state index contributed by atoms with van der Waals surface area (Å²) in [6.07, 6.45) is 5.81. The monoisotopic (exact) mass is 673 g/mol.